The monoisotopic (exact) mass is 551 g/mol. The molecule has 6 nitrogen and oxygen atoms in total. The first-order valence-electron chi connectivity index (χ1n) is 13.1. The van der Waals surface area contributed by atoms with Crippen LogP contribution in [-0.2, 0) is 28.0 Å². The summed E-state index contributed by atoms with van der Waals surface area (Å²) in [5, 5.41) is 16.0. The Morgan fingerprint density at radius 3 is 2.33 bits per heavy atom. The number of anilines is 2. The zero-order valence-electron chi connectivity index (χ0n) is 22.1. The van der Waals surface area contributed by atoms with Gasteiger partial charge in [-0.25, -0.2) is 0 Å². The second-order valence-corrected chi connectivity index (χ2v) is 10.7. The van der Waals surface area contributed by atoms with Crippen LogP contribution in [0.4, 0.5) is 11.4 Å². The first kappa shape index (κ1) is 27.2. The number of rotatable bonds is 9. The summed E-state index contributed by atoms with van der Waals surface area (Å²) >= 11 is 6.18. The fourth-order valence-corrected chi connectivity index (χ4v) is 5.13. The highest BCUT2D eigenvalue weighted by Gasteiger charge is 2.29. The fraction of sp³-hybridized carbons (Fsp3) is 0.152. The van der Waals surface area contributed by atoms with Gasteiger partial charge in [-0.3, -0.25) is 9.59 Å². The molecule has 1 aliphatic rings. The minimum atomic E-state index is -0.841. The minimum Gasteiger partial charge on any atom is -0.481 e. The Morgan fingerprint density at radius 1 is 0.950 bits per heavy atom. The number of hydrogen-bond acceptors (Lipinski definition) is 4. The third-order valence-electron chi connectivity index (χ3n) is 7.07. The van der Waals surface area contributed by atoms with Gasteiger partial charge in [0.05, 0.1) is 17.0 Å². The van der Waals surface area contributed by atoms with Gasteiger partial charge in [0, 0.05) is 28.2 Å². The van der Waals surface area contributed by atoms with Crippen LogP contribution in [0.2, 0.25) is 5.02 Å². The zero-order valence-corrected chi connectivity index (χ0v) is 22.8. The van der Waals surface area contributed by atoms with Gasteiger partial charge in [0.1, 0.15) is 0 Å². The Hall–Kier alpha value is -4.39. The highest BCUT2D eigenvalue weighted by Crippen LogP contribution is 2.39. The maximum absolute atomic E-state index is 13.2. The molecule has 40 heavy (non-hydrogen) atoms. The van der Waals surface area contributed by atoms with E-state index in [1.807, 2.05) is 79.7 Å². The van der Waals surface area contributed by atoms with Crippen LogP contribution < -0.4 is 16.4 Å². The van der Waals surface area contributed by atoms with Crippen LogP contribution in [0.3, 0.4) is 0 Å². The lowest BCUT2D eigenvalue weighted by Gasteiger charge is -2.26. The van der Waals surface area contributed by atoms with E-state index in [0.29, 0.717) is 34.8 Å². The lowest BCUT2D eigenvalue weighted by Crippen LogP contribution is -2.35. The summed E-state index contributed by atoms with van der Waals surface area (Å²) in [6.07, 6.45) is 1.18. The molecule has 0 aromatic heterocycles. The summed E-state index contributed by atoms with van der Waals surface area (Å²) in [6.45, 7) is 2.02. The van der Waals surface area contributed by atoms with Gasteiger partial charge in [0.2, 0.25) is 0 Å². The van der Waals surface area contributed by atoms with E-state index in [0.717, 1.165) is 27.9 Å². The Balaban J connectivity index is 1.48. The van der Waals surface area contributed by atoms with E-state index in [1.54, 1.807) is 12.1 Å². The van der Waals surface area contributed by atoms with E-state index in [9.17, 15) is 9.59 Å². The first-order valence-corrected chi connectivity index (χ1v) is 13.4. The van der Waals surface area contributed by atoms with Crippen molar-refractivity contribution in [2.75, 3.05) is 10.6 Å². The van der Waals surface area contributed by atoms with Crippen molar-refractivity contribution in [2.24, 2.45) is 5.73 Å². The molecule has 0 fully saturated rings. The van der Waals surface area contributed by atoms with Gasteiger partial charge in [-0.15, -0.1) is 0 Å². The molecule has 5 rings (SSSR count). The molecule has 1 atom stereocenters. The molecule has 1 unspecified atom stereocenters. The largest absolute Gasteiger partial charge is 0.481 e. The number of halogens is 1. The highest BCUT2D eigenvalue weighted by atomic mass is 35.5. The predicted octanol–water partition coefficient (Wildman–Crippen LogP) is 6.71. The summed E-state index contributed by atoms with van der Waals surface area (Å²) in [7, 11) is 0. The van der Waals surface area contributed by atoms with E-state index >= 15 is 0 Å². The van der Waals surface area contributed by atoms with Crippen molar-refractivity contribution in [3.8, 4) is 0 Å². The van der Waals surface area contributed by atoms with Gasteiger partial charge in [0.15, 0.2) is 0 Å². The molecule has 0 spiro atoms. The van der Waals surface area contributed by atoms with Crippen LogP contribution in [0.1, 0.15) is 41.2 Å². The van der Waals surface area contributed by atoms with Crippen molar-refractivity contribution in [3.63, 3.8) is 0 Å². The molecule has 0 saturated heterocycles. The predicted molar refractivity (Wildman–Crippen MR) is 161 cm³/mol. The van der Waals surface area contributed by atoms with Crippen molar-refractivity contribution in [1.82, 2.24) is 0 Å². The topological polar surface area (TPSA) is 104 Å². The summed E-state index contributed by atoms with van der Waals surface area (Å²) in [5.74, 6) is -1.07. The van der Waals surface area contributed by atoms with Crippen molar-refractivity contribution >= 4 is 46.1 Å². The number of carbonyl (C=O) groups excluding carboxylic acids is 1. The van der Waals surface area contributed by atoms with Crippen LogP contribution in [-0.4, -0.2) is 17.0 Å². The number of carboxylic acid groups (broad SMARTS) is 1. The maximum atomic E-state index is 13.2. The number of hydrogen-bond donors (Lipinski definition) is 4. The molecule has 1 aliphatic heterocycles. The van der Waals surface area contributed by atoms with Crippen molar-refractivity contribution in [3.05, 3.63) is 130 Å². The van der Waals surface area contributed by atoms with E-state index in [4.69, 9.17) is 22.4 Å². The second kappa shape index (κ2) is 11.4. The number of nitrogens with two attached hydrogens (primary N) is 1. The van der Waals surface area contributed by atoms with E-state index in [2.05, 4.69) is 22.8 Å². The lowest BCUT2D eigenvalue weighted by atomic mass is 9.86. The number of fused-ring (bicyclic) bond motifs is 1. The molecular weight excluding hydrogens is 522 g/mol. The van der Waals surface area contributed by atoms with Crippen molar-refractivity contribution < 1.29 is 14.7 Å². The van der Waals surface area contributed by atoms with Crippen LogP contribution >= 0.6 is 11.6 Å². The third-order valence-corrected chi connectivity index (χ3v) is 7.31. The number of carboxylic acids is 1. The summed E-state index contributed by atoms with van der Waals surface area (Å²) in [6, 6.07) is 31.0. The third kappa shape index (κ3) is 6.09. The van der Waals surface area contributed by atoms with Gasteiger partial charge >= 0.3 is 5.97 Å². The van der Waals surface area contributed by atoms with Gasteiger partial charge < -0.3 is 21.5 Å². The Labute approximate surface area is 238 Å². The van der Waals surface area contributed by atoms with Crippen molar-refractivity contribution in [1.29, 1.82) is 0 Å². The second-order valence-electron chi connectivity index (χ2n) is 10.3. The van der Waals surface area contributed by atoms with Crippen LogP contribution in [0.25, 0.3) is 11.3 Å². The van der Waals surface area contributed by atoms with Crippen LogP contribution in [0.5, 0.6) is 0 Å². The average molecular weight is 552 g/mol. The van der Waals surface area contributed by atoms with Gasteiger partial charge in [-0.1, -0.05) is 84.4 Å². The summed E-state index contributed by atoms with van der Waals surface area (Å²) in [4.78, 5) is 24.2. The summed E-state index contributed by atoms with van der Waals surface area (Å²) < 4.78 is 0. The smallest absolute Gasteiger partial charge is 0.303 e. The van der Waals surface area contributed by atoms with E-state index < -0.39 is 11.5 Å². The molecule has 7 heteroatoms. The maximum Gasteiger partial charge on any atom is 0.303 e. The molecule has 5 N–H and O–H groups in total. The summed E-state index contributed by atoms with van der Waals surface area (Å²) in [5.41, 5.74) is 13.4. The van der Waals surface area contributed by atoms with Gasteiger partial charge in [-0.05, 0) is 66.3 Å². The molecule has 202 valence electrons. The number of benzene rings is 4. The molecule has 4 aromatic carbocycles. The van der Waals surface area contributed by atoms with Crippen LogP contribution in [0.15, 0.2) is 97.1 Å². The molecule has 4 aromatic rings. The highest BCUT2D eigenvalue weighted by molar-refractivity contribution is 6.38. The van der Waals surface area contributed by atoms with E-state index in [-0.39, 0.29) is 12.3 Å². The van der Waals surface area contributed by atoms with E-state index in [1.165, 1.54) is 5.56 Å². The molecular formula is C33H30ClN3O3. The molecule has 1 amide bonds. The molecule has 0 aliphatic carbocycles. The zero-order chi connectivity index (χ0) is 28.3. The Morgan fingerprint density at radius 2 is 1.65 bits per heavy atom. The number of carbonyl (C=O) groups is 2. The number of aliphatic carboxylic acids is 1. The Bertz CT molecular complexity index is 1580. The minimum absolute atomic E-state index is 0.0543. The van der Waals surface area contributed by atoms with Gasteiger partial charge in [-0.2, -0.15) is 0 Å². The standard InChI is InChI=1S/C33H30ClN3O3/c1-33(35,20-22-5-3-2-4-6-22)24-12-15-26(16-13-24)36-31(23-10-7-21(8-11-23)9-18-29(38)39)30-27-17-14-25(34)19-28(27)37-32(30)40/h2-8,10-17,19,36H,9,18,20,35H2,1H3,(H,37,40)(H,38,39)/b31-30-. The molecule has 0 bridgehead atoms. The lowest BCUT2D eigenvalue weighted by molar-refractivity contribution is -0.137. The average Bonchev–Trinajstić information content (AvgIpc) is 3.26. The molecule has 0 radical (unpaired) electrons. The number of amides is 1. The first-order chi connectivity index (χ1) is 19.2. The van der Waals surface area contributed by atoms with Gasteiger partial charge in [0.25, 0.3) is 5.91 Å². The van der Waals surface area contributed by atoms with Crippen molar-refractivity contribution in [2.45, 2.75) is 31.7 Å². The quantitative estimate of drug-likeness (QED) is 0.173. The van der Waals surface area contributed by atoms with Crippen LogP contribution in [0, 0.1) is 0 Å². The molecule has 1 heterocycles. The number of aryl methyl sites for hydroxylation is 1. The molecule has 0 saturated carbocycles. The normalized spacial score (nSPS) is 15.1. The SMILES string of the molecule is CC(N)(Cc1ccccc1)c1ccc(N/C(=C2\C(=O)Nc3cc(Cl)ccc32)c2ccc(CCC(=O)O)cc2)cc1. The number of nitrogens with one attached hydrogen (secondary N) is 2. The Kier molecular flexibility index (Phi) is 7.74. The fourth-order valence-electron chi connectivity index (χ4n) is 4.96.